The summed E-state index contributed by atoms with van der Waals surface area (Å²) in [4.78, 5) is 31.0. The summed E-state index contributed by atoms with van der Waals surface area (Å²) in [6.45, 7) is 0.244. The second-order valence-corrected chi connectivity index (χ2v) is 6.52. The molecule has 0 saturated carbocycles. The van der Waals surface area contributed by atoms with Gasteiger partial charge in [-0.1, -0.05) is 48.5 Å². The van der Waals surface area contributed by atoms with Gasteiger partial charge in [0, 0.05) is 0 Å². The zero-order valence-electron chi connectivity index (χ0n) is 15.3. The summed E-state index contributed by atoms with van der Waals surface area (Å²) < 4.78 is 6.93. The Morgan fingerprint density at radius 3 is 2.28 bits per heavy atom. The number of rotatable bonds is 2. The standard InChI is InChI=1S/C22H16N4O3/c27-21-25-19-14-8-7-13-18(19)23-20(25)15-24(16-9-3-1-4-10-16)26(21)22(28)29-17-11-5-2-6-12-17/h1-14H,15H2. The van der Waals surface area contributed by atoms with Crippen LogP contribution >= 0.6 is 0 Å². The van der Waals surface area contributed by atoms with E-state index in [9.17, 15) is 9.59 Å². The van der Waals surface area contributed by atoms with Crippen molar-refractivity contribution < 1.29 is 14.3 Å². The van der Waals surface area contributed by atoms with Gasteiger partial charge in [-0.3, -0.25) is 5.01 Å². The molecule has 0 bridgehead atoms. The molecule has 3 aromatic carbocycles. The van der Waals surface area contributed by atoms with Gasteiger partial charge in [-0.05, 0) is 36.4 Å². The van der Waals surface area contributed by atoms with Crippen LogP contribution in [-0.2, 0) is 6.54 Å². The van der Waals surface area contributed by atoms with Gasteiger partial charge < -0.3 is 4.74 Å². The van der Waals surface area contributed by atoms with Crippen LogP contribution in [0.1, 0.15) is 5.82 Å². The fraction of sp³-hybridized carbons (Fsp3) is 0.0455. The maximum Gasteiger partial charge on any atom is 0.443 e. The maximum absolute atomic E-state index is 13.4. The first kappa shape index (κ1) is 17.0. The van der Waals surface area contributed by atoms with E-state index in [0.29, 0.717) is 28.3 Å². The Morgan fingerprint density at radius 1 is 0.862 bits per heavy atom. The Morgan fingerprint density at radius 2 is 1.52 bits per heavy atom. The normalized spacial score (nSPS) is 13.4. The molecule has 7 heteroatoms. The van der Waals surface area contributed by atoms with Crippen LogP contribution in [0.5, 0.6) is 5.75 Å². The predicted molar refractivity (Wildman–Crippen MR) is 107 cm³/mol. The maximum atomic E-state index is 13.4. The molecule has 0 unspecified atom stereocenters. The van der Waals surface area contributed by atoms with E-state index in [1.807, 2.05) is 60.7 Å². The number of carbonyl (C=O) groups is 2. The van der Waals surface area contributed by atoms with Gasteiger partial charge >= 0.3 is 12.1 Å². The fourth-order valence-corrected chi connectivity index (χ4v) is 3.41. The van der Waals surface area contributed by atoms with E-state index in [-0.39, 0.29) is 6.54 Å². The molecule has 0 aliphatic carbocycles. The van der Waals surface area contributed by atoms with E-state index in [1.54, 1.807) is 29.3 Å². The molecule has 1 aliphatic rings. The molecule has 0 spiro atoms. The molecule has 5 rings (SSSR count). The number of aromatic nitrogens is 2. The first-order valence-electron chi connectivity index (χ1n) is 9.12. The topological polar surface area (TPSA) is 67.7 Å². The molecule has 0 saturated heterocycles. The molecule has 7 nitrogen and oxygen atoms in total. The molecule has 0 radical (unpaired) electrons. The highest BCUT2D eigenvalue weighted by Crippen LogP contribution is 2.28. The number of hydrazine groups is 1. The monoisotopic (exact) mass is 384 g/mol. The number of anilines is 1. The molecule has 1 aliphatic heterocycles. The quantitative estimate of drug-likeness (QED) is 0.511. The molecule has 2 heterocycles. The first-order chi connectivity index (χ1) is 14.2. The van der Waals surface area contributed by atoms with Gasteiger partial charge in [0.05, 0.1) is 23.3 Å². The van der Waals surface area contributed by atoms with Crippen molar-refractivity contribution in [2.24, 2.45) is 0 Å². The lowest BCUT2D eigenvalue weighted by atomic mass is 10.3. The molecule has 0 atom stereocenters. The van der Waals surface area contributed by atoms with Gasteiger partial charge in [0.2, 0.25) is 0 Å². The van der Waals surface area contributed by atoms with Crippen LogP contribution in [0.4, 0.5) is 15.3 Å². The number of ether oxygens (including phenoxy) is 1. The summed E-state index contributed by atoms with van der Waals surface area (Å²) in [7, 11) is 0. The van der Waals surface area contributed by atoms with Crippen LogP contribution in [0.2, 0.25) is 0 Å². The summed E-state index contributed by atoms with van der Waals surface area (Å²) in [6.07, 6.45) is -0.784. The van der Waals surface area contributed by atoms with Gasteiger partial charge in [-0.2, -0.15) is 0 Å². The molecule has 1 aromatic heterocycles. The molecule has 0 fully saturated rings. The smallest absolute Gasteiger partial charge is 0.409 e. The molecular weight excluding hydrogens is 368 g/mol. The van der Waals surface area contributed by atoms with E-state index in [2.05, 4.69) is 4.98 Å². The summed E-state index contributed by atoms with van der Waals surface area (Å²) in [5, 5.41) is 2.60. The van der Waals surface area contributed by atoms with Crippen molar-refractivity contribution in [3.8, 4) is 5.75 Å². The lowest BCUT2D eigenvalue weighted by Crippen LogP contribution is -2.56. The van der Waals surface area contributed by atoms with Crippen molar-refractivity contribution in [1.82, 2.24) is 14.6 Å². The van der Waals surface area contributed by atoms with E-state index < -0.39 is 12.1 Å². The minimum absolute atomic E-state index is 0.244. The number of amides is 2. The van der Waals surface area contributed by atoms with Crippen molar-refractivity contribution in [3.05, 3.63) is 90.8 Å². The number of para-hydroxylation sites is 4. The Balaban J connectivity index is 1.61. The highest BCUT2D eigenvalue weighted by molar-refractivity contribution is 6.00. The number of imide groups is 1. The van der Waals surface area contributed by atoms with Gasteiger partial charge in [-0.15, -0.1) is 5.01 Å². The number of carbonyl (C=O) groups excluding carboxylic acids is 2. The van der Waals surface area contributed by atoms with Gasteiger partial charge in [0.25, 0.3) is 0 Å². The summed E-state index contributed by atoms with van der Waals surface area (Å²) >= 11 is 0. The molecule has 2 amide bonds. The Labute approximate surface area is 166 Å². The number of fused-ring (bicyclic) bond motifs is 3. The number of hydrogen-bond acceptors (Lipinski definition) is 5. The molecule has 4 aromatic rings. The number of hydrogen-bond donors (Lipinski definition) is 0. The molecular formula is C22H16N4O3. The van der Waals surface area contributed by atoms with E-state index >= 15 is 0 Å². The van der Waals surface area contributed by atoms with Gasteiger partial charge in [0.1, 0.15) is 11.6 Å². The average Bonchev–Trinajstić information content (AvgIpc) is 3.13. The van der Waals surface area contributed by atoms with Crippen molar-refractivity contribution in [3.63, 3.8) is 0 Å². The Bertz CT molecular complexity index is 1200. The largest absolute Gasteiger partial charge is 0.443 e. The molecule has 0 N–H and O–H groups in total. The lowest BCUT2D eigenvalue weighted by Gasteiger charge is -2.37. The van der Waals surface area contributed by atoms with Crippen LogP contribution in [-0.4, -0.2) is 26.7 Å². The van der Waals surface area contributed by atoms with Crippen LogP contribution in [0.3, 0.4) is 0 Å². The summed E-state index contributed by atoms with van der Waals surface area (Å²) in [5.41, 5.74) is 2.03. The number of imidazole rings is 1. The van der Waals surface area contributed by atoms with Crippen LogP contribution in [0.15, 0.2) is 84.9 Å². The van der Waals surface area contributed by atoms with Crippen molar-refractivity contribution in [2.45, 2.75) is 6.54 Å². The van der Waals surface area contributed by atoms with E-state index in [4.69, 9.17) is 4.74 Å². The van der Waals surface area contributed by atoms with E-state index in [0.717, 1.165) is 5.01 Å². The molecule has 142 valence electrons. The Hall–Kier alpha value is -4.13. The lowest BCUT2D eigenvalue weighted by molar-refractivity contribution is 0.144. The fourth-order valence-electron chi connectivity index (χ4n) is 3.41. The second-order valence-electron chi connectivity index (χ2n) is 6.52. The third kappa shape index (κ3) is 2.89. The highest BCUT2D eigenvalue weighted by Gasteiger charge is 2.39. The van der Waals surface area contributed by atoms with Crippen molar-refractivity contribution in [1.29, 1.82) is 0 Å². The minimum atomic E-state index is -0.784. The first-order valence-corrected chi connectivity index (χ1v) is 9.12. The predicted octanol–water partition coefficient (Wildman–Crippen LogP) is 4.44. The minimum Gasteiger partial charge on any atom is -0.409 e. The van der Waals surface area contributed by atoms with Crippen LogP contribution in [0, 0.1) is 0 Å². The van der Waals surface area contributed by atoms with Gasteiger partial charge in [-0.25, -0.2) is 19.1 Å². The summed E-state index contributed by atoms with van der Waals surface area (Å²) in [5.74, 6) is 0.920. The second kappa shape index (κ2) is 6.79. The zero-order valence-corrected chi connectivity index (χ0v) is 15.3. The average molecular weight is 384 g/mol. The third-order valence-electron chi connectivity index (χ3n) is 4.71. The van der Waals surface area contributed by atoms with Crippen molar-refractivity contribution in [2.75, 3.05) is 5.01 Å². The van der Waals surface area contributed by atoms with Crippen LogP contribution < -0.4 is 9.75 Å². The highest BCUT2D eigenvalue weighted by atomic mass is 16.6. The van der Waals surface area contributed by atoms with Crippen LogP contribution in [0.25, 0.3) is 11.0 Å². The Kier molecular flexibility index (Phi) is 3.98. The molecule has 29 heavy (non-hydrogen) atoms. The van der Waals surface area contributed by atoms with Gasteiger partial charge in [0.15, 0.2) is 0 Å². The summed E-state index contributed by atoms with van der Waals surface area (Å²) in [6, 6.07) is 24.7. The van der Waals surface area contributed by atoms with E-state index in [1.165, 1.54) is 4.57 Å². The zero-order chi connectivity index (χ0) is 19.8. The number of benzene rings is 3. The third-order valence-corrected chi connectivity index (χ3v) is 4.71. The number of nitrogens with zero attached hydrogens (tertiary/aromatic N) is 4. The SMILES string of the molecule is O=C(Oc1ccccc1)N1C(=O)n2c(nc3ccccc32)CN1c1ccccc1. The van der Waals surface area contributed by atoms with Crippen molar-refractivity contribution >= 4 is 28.8 Å².